The van der Waals surface area contributed by atoms with Gasteiger partial charge in [0.1, 0.15) is 23.0 Å². The van der Waals surface area contributed by atoms with Crippen LogP contribution in [0.3, 0.4) is 0 Å². The molecule has 36 heavy (non-hydrogen) atoms. The lowest BCUT2D eigenvalue weighted by Crippen LogP contribution is -2.43. The van der Waals surface area contributed by atoms with E-state index in [0.717, 1.165) is 33.6 Å². The Kier molecular flexibility index (Phi) is 5.96. The maximum atomic E-state index is 7.06. The molecule has 0 aromatic heterocycles. The fourth-order valence-corrected chi connectivity index (χ4v) is 4.32. The van der Waals surface area contributed by atoms with Crippen LogP contribution >= 0.6 is 0 Å². The minimum absolute atomic E-state index is 0.427. The number of benzene rings is 4. The number of hydrogen-bond acceptors (Lipinski definition) is 5. The molecule has 2 aliphatic rings. The topological polar surface area (TPSA) is 50.5 Å². The van der Waals surface area contributed by atoms with Crippen molar-refractivity contribution in [1.82, 2.24) is 0 Å². The molecule has 0 amide bonds. The van der Waals surface area contributed by atoms with Gasteiger partial charge in [0.05, 0.1) is 19.8 Å². The molecule has 0 unspecified atom stereocenters. The number of nitrogens with zero attached hydrogens (tertiary/aromatic N) is 1. The molecular weight excluding hydrogens is 452 g/mol. The summed E-state index contributed by atoms with van der Waals surface area (Å²) < 4.78 is 30.0. The van der Waals surface area contributed by atoms with Crippen molar-refractivity contribution in [2.24, 2.45) is 0 Å². The third-order valence-corrected chi connectivity index (χ3v) is 6.22. The lowest BCUT2D eigenvalue weighted by molar-refractivity contribution is 0.238. The maximum absolute atomic E-state index is 7.06. The van der Waals surface area contributed by atoms with Crippen LogP contribution in [-0.4, -0.2) is 14.2 Å². The summed E-state index contributed by atoms with van der Waals surface area (Å²) in [6.07, 6.45) is 0. The van der Waals surface area contributed by atoms with E-state index in [1.54, 1.807) is 24.3 Å². The molecule has 2 aliphatic heterocycles. The van der Waals surface area contributed by atoms with Crippen LogP contribution in [0.25, 0.3) is 4.85 Å². The highest BCUT2D eigenvalue weighted by molar-refractivity contribution is 6.75. The second-order valence-corrected chi connectivity index (χ2v) is 8.77. The Hall–Kier alpha value is -4.02. The SMILES string of the molecule is [C-]#[N+]c1ccc(Oc2ccc3c(c2)COB3OB2OCc3cc(Oc4ccc(C)cc4)ccc32)cc1. The van der Waals surface area contributed by atoms with Crippen molar-refractivity contribution in [2.75, 3.05) is 0 Å². The third-order valence-electron chi connectivity index (χ3n) is 6.22. The molecule has 0 bridgehead atoms. The molecule has 2 heterocycles. The molecule has 0 saturated heterocycles. The van der Waals surface area contributed by atoms with E-state index in [1.807, 2.05) is 67.6 Å². The van der Waals surface area contributed by atoms with Crippen LogP contribution < -0.4 is 20.4 Å². The van der Waals surface area contributed by atoms with Gasteiger partial charge in [-0.05, 0) is 77.5 Å². The van der Waals surface area contributed by atoms with Crippen molar-refractivity contribution in [2.45, 2.75) is 20.1 Å². The van der Waals surface area contributed by atoms with E-state index in [4.69, 9.17) is 29.9 Å². The van der Waals surface area contributed by atoms with E-state index in [-0.39, 0.29) is 0 Å². The zero-order valence-electron chi connectivity index (χ0n) is 19.6. The van der Waals surface area contributed by atoms with E-state index in [1.165, 1.54) is 5.56 Å². The van der Waals surface area contributed by atoms with Gasteiger partial charge < -0.3 is 23.4 Å². The van der Waals surface area contributed by atoms with Gasteiger partial charge in [-0.25, -0.2) is 4.85 Å². The Morgan fingerprint density at radius 3 is 1.64 bits per heavy atom. The first kappa shape index (κ1) is 22.4. The van der Waals surface area contributed by atoms with Gasteiger partial charge in [0.15, 0.2) is 5.69 Å². The second kappa shape index (κ2) is 9.56. The second-order valence-electron chi connectivity index (χ2n) is 8.77. The third kappa shape index (κ3) is 4.60. The number of ether oxygens (including phenoxy) is 2. The highest BCUT2D eigenvalue weighted by Crippen LogP contribution is 2.28. The van der Waals surface area contributed by atoms with E-state index in [0.29, 0.717) is 30.4 Å². The van der Waals surface area contributed by atoms with Crippen molar-refractivity contribution in [3.8, 4) is 23.0 Å². The van der Waals surface area contributed by atoms with Crippen molar-refractivity contribution in [3.05, 3.63) is 113 Å². The lowest BCUT2D eigenvalue weighted by atomic mass is 9.71. The number of aryl methyl sites for hydroxylation is 1. The number of rotatable bonds is 6. The van der Waals surface area contributed by atoms with Crippen molar-refractivity contribution >= 4 is 30.8 Å². The molecule has 0 saturated carbocycles. The first-order valence-corrected chi connectivity index (χ1v) is 11.7. The molecular formula is C28H21B2NO5. The van der Waals surface area contributed by atoms with Gasteiger partial charge in [-0.1, -0.05) is 42.0 Å². The van der Waals surface area contributed by atoms with Crippen LogP contribution in [0.15, 0.2) is 84.9 Å². The van der Waals surface area contributed by atoms with E-state index >= 15 is 0 Å². The average Bonchev–Trinajstić information content (AvgIpc) is 3.49. The van der Waals surface area contributed by atoms with E-state index in [2.05, 4.69) is 4.85 Å². The first-order valence-electron chi connectivity index (χ1n) is 11.7. The van der Waals surface area contributed by atoms with Gasteiger partial charge in [-0.3, -0.25) is 0 Å². The van der Waals surface area contributed by atoms with Crippen LogP contribution in [-0.2, 0) is 27.1 Å². The van der Waals surface area contributed by atoms with E-state index < -0.39 is 14.2 Å². The molecule has 0 fully saturated rings. The predicted octanol–water partition coefficient (Wildman–Crippen LogP) is 5.30. The Bertz CT molecular complexity index is 1450. The number of fused-ring (bicyclic) bond motifs is 2. The zero-order chi connectivity index (χ0) is 24.5. The summed E-state index contributed by atoms with van der Waals surface area (Å²) in [5.74, 6) is 2.94. The predicted molar refractivity (Wildman–Crippen MR) is 138 cm³/mol. The first-order chi connectivity index (χ1) is 17.6. The lowest BCUT2D eigenvalue weighted by Gasteiger charge is -2.13. The summed E-state index contributed by atoms with van der Waals surface area (Å²) in [6.45, 7) is 9.98. The van der Waals surface area contributed by atoms with Crippen LogP contribution in [0.1, 0.15) is 16.7 Å². The minimum atomic E-state index is -0.522. The normalized spacial score (nSPS) is 13.8. The summed E-state index contributed by atoms with van der Waals surface area (Å²) in [7, 11) is -1.03. The smallest absolute Gasteiger partial charge is 0.457 e. The monoisotopic (exact) mass is 473 g/mol. The molecule has 0 radical (unpaired) electrons. The fraction of sp³-hybridized carbons (Fsp3) is 0.107. The summed E-state index contributed by atoms with van der Waals surface area (Å²) in [6, 6.07) is 26.7. The Labute approximate surface area is 210 Å². The summed E-state index contributed by atoms with van der Waals surface area (Å²) in [5, 5.41) is 0. The molecule has 0 N–H and O–H groups in total. The van der Waals surface area contributed by atoms with Crippen LogP contribution in [0.2, 0.25) is 0 Å². The van der Waals surface area contributed by atoms with Gasteiger partial charge in [0, 0.05) is 0 Å². The summed E-state index contributed by atoms with van der Waals surface area (Å²) in [5.41, 5.74) is 5.76. The number of hydrogen-bond donors (Lipinski definition) is 0. The summed E-state index contributed by atoms with van der Waals surface area (Å²) in [4.78, 5) is 3.40. The van der Waals surface area contributed by atoms with Crippen LogP contribution in [0, 0.1) is 13.5 Å². The highest BCUT2D eigenvalue weighted by atomic mass is 16.6. The maximum Gasteiger partial charge on any atom is 0.481 e. The average molecular weight is 473 g/mol. The molecule has 4 aromatic rings. The standard InChI is InChI=1S/C28H21B2NO5/c1-19-3-7-23(8-4-19)34-25-11-13-27-20(15-25)17-32-29(27)36-30-28-14-12-26(16-21(28)18-33-30)35-24-9-5-22(31-2)6-10-24/h3-16H,17-18H2,1H3. The molecule has 0 atom stereocenters. The van der Waals surface area contributed by atoms with E-state index in [9.17, 15) is 0 Å². The zero-order valence-corrected chi connectivity index (χ0v) is 19.6. The Morgan fingerprint density at radius 1 is 0.667 bits per heavy atom. The van der Waals surface area contributed by atoms with Gasteiger partial charge in [-0.2, -0.15) is 0 Å². The molecule has 8 heteroatoms. The quantitative estimate of drug-likeness (QED) is 0.281. The minimum Gasteiger partial charge on any atom is -0.457 e. The van der Waals surface area contributed by atoms with Crippen molar-refractivity contribution < 1.29 is 23.4 Å². The van der Waals surface area contributed by atoms with Gasteiger partial charge in [-0.15, -0.1) is 0 Å². The van der Waals surface area contributed by atoms with Crippen LogP contribution in [0.5, 0.6) is 23.0 Å². The van der Waals surface area contributed by atoms with Crippen LogP contribution in [0.4, 0.5) is 5.69 Å². The molecule has 6 rings (SSSR count). The molecule has 4 aromatic carbocycles. The van der Waals surface area contributed by atoms with Gasteiger partial charge in [0.25, 0.3) is 0 Å². The van der Waals surface area contributed by atoms with Crippen molar-refractivity contribution in [3.63, 3.8) is 0 Å². The largest absolute Gasteiger partial charge is 0.481 e. The Balaban J connectivity index is 1.12. The molecule has 174 valence electrons. The fourth-order valence-electron chi connectivity index (χ4n) is 4.32. The van der Waals surface area contributed by atoms with Gasteiger partial charge >= 0.3 is 14.2 Å². The summed E-state index contributed by atoms with van der Waals surface area (Å²) >= 11 is 0. The van der Waals surface area contributed by atoms with Crippen molar-refractivity contribution in [1.29, 1.82) is 0 Å². The van der Waals surface area contributed by atoms with Gasteiger partial charge in [0.2, 0.25) is 0 Å². The highest BCUT2D eigenvalue weighted by Gasteiger charge is 2.39. The molecule has 0 spiro atoms. The molecule has 0 aliphatic carbocycles. The Morgan fingerprint density at radius 2 is 1.14 bits per heavy atom. The molecule has 6 nitrogen and oxygen atoms in total.